The van der Waals surface area contributed by atoms with E-state index in [4.69, 9.17) is 15.1 Å². The molecule has 1 saturated heterocycles. The van der Waals surface area contributed by atoms with Crippen molar-refractivity contribution in [2.24, 2.45) is 0 Å². The zero-order chi connectivity index (χ0) is 13.8. The molecule has 0 aromatic heterocycles. The van der Waals surface area contributed by atoms with Gasteiger partial charge in [0.1, 0.15) is 0 Å². The van der Waals surface area contributed by atoms with Gasteiger partial charge in [0.15, 0.2) is 11.4 Å². The van der Waals surface area contributed by atoms with E-state index < -0.39 is 36.2 Å². The molecule has 1 fully saturated rings. The Hall–Kier alpha value is -1.22. The van der Waals surface area contributed by atoms with Crippen molar-refractivity contribution >= 4 is 11.9 Å². The Bertz CT molecular complexity index is 308. The lowest BCUT2D eigenvalue weighted by molar-refractivity contribution is -0.433. The molecule has 8 nitrogen and oxygen atoms in total. The van der Waals surface area contributed by atoms with E-state index in [1.807, 2.05) is 0 Å². The minimum absolute atomic E-state index is 0.136. The molecule has 1 aliphatic rings. The van der Waals surface area contributed by atoms with Gasteiger partial charge in [0, 0.05) is 6.42 Å². The van der Waals surface area contributed by atoms with Gasteiger partial charge in [0.25, 0.3) is 0 Å². The number of rotatable bonds is 4. The van der Waals surface area contributed by atoms with Crippen LogP contribution in [-0.2, 0) is 19.4 Å². The first-order valence-corrected chi connectivity index (χ1v) is 5.48. The molecule has 0 aromatic rings. The summed E-state index contributed by atoms with van der Waals surface area (Å²) in [6, 6.07) is 0. The summed E-state index contributed by atoms with van der Waals surface area (Å²) in [4.78, 5) is 31.0. The highest BCUT2D eigenvalue weighted by molar-refractivity contribution is 5.73. The molecule has 1 rings (SSSR count). The molecule has 1 aliphatic heterocycles. The third-order valence-electron chi connectivity index (χ3n) is 2.82. The lowest BCUT2D eigenvalue weighted by Gasteiger charge is -2.41. The van der Waals surface area contributed by atoms with Crippen molar-refractivity contribution in [1.82, 2.24) is 0 Å². The van der Waals surface area contributed by atoms with E-state index in [0.717, 1.165) is 0 Å². The van der Waals surface area contributed by atoms with Gasteiger partial charge in [-0.3, -0.25) is 9.59 Å². The van der Waals surface area contributed by atoms with Gasteiger partial charge in [-0.15, -0.1) is 0 Å². The van der Waals surface area contributed by atoms with E-state index in [-0.39, 0.29) is 13.0 Å². The Morgan fingerprint density at radius 1 is 1.06 bits per heavy atom. The molecule has 0 spiro atoms. The molecule has 0 aromatic carbocycles. The van der Waals surface area contributed by atoms with Crippen LogP contribution in [0.2, 0.25) is 0 Å². The van der Waals surface area contributed by atoms with Gasteiger partial charge in [-0.05, 0) is 12.8 Å². The van der Waals surface area contributed by atoms with Crippen LogP contribution in [-0.4, -0.2) is 50.4 Å². The van der Waals surface area contributed by atoms with Crippen molar-refractivity contribution in [3.63, 3.8) is 0 Å². The molecular weight excluding hydrogens is 248 g/mol. The highest BCUT2D eigenvalue weighted by atomic mass is 17.2. The standard InChI is InChI=1S/C10H16O8/c11-7(12)5-9(6-8(13)14)10(15,16)3-1-2-4-17-18-9/h15-16H,1-6H2,(H,11,12)(H,13,14). The molecule has 4 N–H and O–H groups in total. The van der Waals surface area contributed by atoms with E-state index in [1.165, 1.54) is 0 Å². The molecule has 104 valence electrons. The van der Waals surface area contributed by atoms with Crippen LogP contribution in [0.4, 0.5) is 0 Å². The molecule has 0 saturated carbocycles. The molecule has 0 amide bonds. The van der Waals surface area contributed by atoms with E-state index in [0.29, 0.717) is 12.8 Å². The van der Waals surface area contributed by atoms with Crippen LogP contribution < -0.4 is 0 Å². The predicted molar refractivity (Wildman–Crippen MR) is 55.3 cm³/mol. The summed E-state index contributed by atoms with van der Waals surface area (Å²) in [5, 5.41) is 37.4. The Kier molecular flexibility index (Phi) is 4.63. The number of hydrogen-bond acceptors (Lipinski definition) is 6. The highest BCUT2D eigenvalue weighted by Crippen LogP contribution is 2.37. The first-order valence-electron chi connectivity index (χ1n) is 5.48. The second-order valence-electron chi connectivity index (χ2n) is 4.31. The van der Waals surface area contributed by atoms with Crippen molar-refractivity contribution in [1.29, 1.82) is 0 Å². The zero-order valence-electron chi connectivity index (χ0n) is 9.66. The fourth-order valence-electron chi connectivity index (χ4n) is 1.87. The number of aliphatic hydroxyl groups is 2. The lowest BCUT2D eigenvalue weighted by atomic mass is 9.83. The Labute approximate surface area is 103 Å². The maximum Gasteiger partial charge on any atom is 0.306 e. The van der Waals surface area contributed by atoms with Crippen LogP contribution in [0.15, 0.2) is 0 Å². The smallest absolute Gasteiger partial charge is 0.306 e. The zero-order valence-corrected chi connectivity index (χ0v) is 9.66. The number of carboxylic acids is 2. The van der Waals surface area contributed by atoms with Gasteiger partial charge in [-0.25, -0.2) is 9.78 Å². The normalized spacial score (nSPS) is 22.8. The molecule has 1 heterocycles. The van der Waals surface area contributed by atoms with E-state index in [2.05, 4.69) is 4.89 Å². The summed E-state index contributed by atoms with van der Waals surface area (Å²) in [6.45, 7) is 0.136. The molecular formula is C10H16O8. The van der Waals surface area contributed by atoms with Gasteiger partial charge in [-0.2, -0.15) is 0 Å². The largest absolute Gasteiger partial charge is 0.481 e. The minimum atomic E-state index is -2.58. The number of hydrogen-bond donors (Lipinski definition) is 4. The van der Waals surface area contributed by atoms with Gasteiger partial charge < -0.3 is 20.4 Å². The average Bonchev–Trinajstić information content (AvgIpc) is 2.19. The SMILES string of the molecule is O=C(O)CC1(CC(=O)O)OOCCCCC1(O)O. The van der Waals surface area contributed by atoms with Crippen LogP contribution in [0.25, 0.3) is 0 Å². The lowest BCUT2D eigenvalue weighted by Crippen LogP contribution is -2.58. The van der Waals surface area contributed by atoms with Gasteiger partial charge in [-0.1, -0.05) is 0 Å². The van der Waals surface area contributed by atoms with E-state index in [9.17, 15) is 19.8 Å². The van der Waals surface area contributed by atoms with Gasteiger partial charge in [0.05, 0.1) is 19.4 Å². The predicted octanol–water partition coefficient (Wildman–Crippen LogP) is -0.512. The first kappa shape index (κ1) is 14.8. The average molecular weight is 264 g/mol. The fraction of sp³-hybridized carbons (Fsp3) is 0.800. The minimum Gasteiger partial charge on any atom is -0.481 e. The fourth-order valence-corrected chi connectivity index (χ4v) is 1.87. The van der Waals surface area contributed by atoms with Crippen LogP contribution in [0, 0.1) is 0 Å². The van der Waals surface area contributed by atoms with Crippen LogP contribution in [0.3, 0.4) is 0 Å². The third kappa shape index (κ3) is 3.39. The van der Waals surface area contributed by atoms with Crippen LogP contribution in [0.1, 0.15) is 32.1 Å². The first-order chi connectivity index (χ1) is 8.29. The molecule has 0 aliphatic carbocycles. The number of carbonyl (C=O) groups is 2. The van der Waals surface area contributed by atoms with Gasteiger partial charge >= 0.3 is 11.9 Å². The van der Waals surface area contributed by atoms with Crippen molar-refractivity contribution in [3.05, 3.63) is 0 Å². The second-order valence-corrected chi connectivity index (χ2v) is 4.31. The molecule has 0 bridgehead atoms. The van der Waals surface area contributed by atoms with E-state index in [1.54, 1.807) is 0 Å². The Balaban J connectivity index is 3.05. The maximum atomic E-state index is 10.8. The second kappa shape index (κ2) is 5.61. The molecule has 0 atom stereocenters. The summed E-state index contributed by atoms with van der Waals surface area (Å²) in [5.41, 5.74) is -2.22. The monoisotopic (exact) mass is 264 g/mol. The highest BCUT2D eigenvalue weighted by Gasteiger charge is 2.55. The summed E-state index contributed by atoms with van der Waals surface area (Å²) in [6.07, 6.45) is -1.09. The summed E-state index contributed by atoms with van der Waals surface area (Å²) in [5.74, 6) is -5.40. The number of aliphatic carboxylic acids is 2. The summed E-state index contributed by atoms with van der Waals surface area (Å²) in [7, 11) is 0. The topological polar surface area (TPSA) is 134 Å². The van der Waals surface area contributed by atoms with Crippen molar-refractivity contribution in [2.45, 2.75) is 43.5 Å². The molecule has 8 heteroatoms. The quantitative estimate of drug-likeness (QED) is 0.394. The van der Waals surface area contributed by atoms with Crippen molar-refractivity contribution in [3.8, 4) is 0 Å². The third-order valence-corrected chi connectivity index (χ3v) is 2.82. The molecule has 0 unspecified atom stereocenters. The summed E-state index contributed by atoms with van der Waals surface area (Å²) < 4.78 is 0. The van der Waals surface area contributed by atoms with Crippen LogP contribution in [0.5, 0.6) is 0 Å². The van der Waals surface area contributed by atoms with Crippen LogP contribution >= 0.6 is 0 Å². The van der Waals surface area contributed by atoms with Crippen molar-refractivity contribution < 1.29 is 39.8 Å². The Morgan fingerprint density at radius 2 is 1.61 bits per heavy atom. The van der Waals surface area contributed by atoms with E-state index >= 15 is 0 Å². The van der Waals surface area contributed by atoms with Crippen molar-refractivity contribution in [2.75, 3.05) is 6.61 Å². The Morgan fingerprint density at radius 3 is 2.11 bits per heavy atom. The summed E-state index contributed by atoms with van der Waals surface area (Å²) >= 11 is 0. The van der Waals surface area contributed by atoms with Gasteiger partial charge in [0.2, 0.25) is 0 Å². The molecule has 18 heavy (non-hydrogen) atoms. The maximum absolute atomic E-state index is 10.8. The molecule has 0 radical (unpaired) electrons. The number of carboxylic acid groups (broad SMARTS) is 2.